The molecular weight excluding hydrogens is 222 g/mol. The maximum atomic E-state index is 10.7. The molecule has 0 aliphatic carbocycles. The van der Waals surface area contributed by atoms with Gasteiger partial charge < -0.3 is 19.7 Å². The van der Waals surface area contributed by atoms with Gasteiger partial charge in [-0.1, -0.05) is 0 Å². The summed E-state index contributed by atoms with van der Waals surface area (Å²) >= 11 is 0. The molecular formula is C12H15NO4. The molecule has 5 heteroatoms. The lowest BCUT2D eigenvalue weighted by atomic mass is 9.84. The van der Waals surface area contributed by atoms with E-state index in [1.807, 2.05) is 0 Å². The third-order valence-electron chi connectivity index (χ3n) is 3.40. The summed E-state index contributed by atoms with van der Waals surface area (Å²) in [5.74, 6) is 0. The molecule has 0 radical (unpaired) electrons. The van der Waals surface area contributed by atoms with Gasteiger partial charge in [-0.25, -0.2) is 0 Å². The van der Waals surface area contributed by atoms with E-state index in [9.17, 15) is 5.11 Å². The summed E-state index contributed by atoms with van der Waals surface area (Å²) < 4.78 is 10.9. The lowest BCUT2D eigenvalue weighted by Gasteiger charge is -2.35. The molecule has 2 aliphatic heterocycles. The number of ether oxygens (including phenoxy) is 2. The lowest BCUT2D eigenvalue weighted by molar-refractivity contribution is -0.159. The first-order valence-corrected chi connectivity index (χ1v) is 5.74. The maximum Gasteiger partial charge on any atom is 0.161 e. The molecule has 2 fully saturated rings. The van der Waals surface area contributed by atoms with Crippen LogP contribution in [0.5, 0.6) is 0 Å². The summed E-state index contributed by atoms with van der Waals surface area (Å²) in [5, 5.41) is 19.8. The van der Waals surface area contributed by atoms with Gasteiger partial charge in [0.1, 0.15) is 0 Å². The number of aliphatic hydroxyl groups excluding tert-OH is 1. The van der Waals surface area contributed by atoms with Gasteiger partial charge in [0.15, 0.2) is 6.29 Å². The van der Waals surface area contributed by atoms with Gasteiger partial charge in [0.2, 0.25) is 0 Å². The van der Waals surface area contributed by atoms with Crippen LogP contribution in [0.15, 0.2) is 18.5 Å². The standard InChI is InChI=1S/C12H15NO4/c14-6-8-1-9(5-13-4-8)12(15)2-10-7-16-11(3-12)17-10/h1,4-5,10-11,14-15H,2-3,6-7H2. The summed E-state index contributed by atoms with van der Waals surface area (Å²) in [6.45, 7) is 0.469. The van der Waals surface area contributed by atoms with E-state index in [4.69, 9.17) is 14.6 Å². The second-order valence-electron chi connectivity index (χ2n) is 4.70. The highest BCUT2D eigenvalue weighted by molar-refractivity contribution is 5.24. The van der Waals surface area contributed by atoms with E-state index >= 15 is 0 Å². The predicted octanol–water partition coefficient (Wildman–Crippen LogP) is 0.297. The Hall–Kier alpha value is -1.01. The molecule has 0 aromatic carbocycles. The minimum atomic E-state index is -0.956. The smallest absolute Gasteiger partial charge is 0.161 e. The quantitative estimate of drug-likeness (QED) is 0.774. The molecule has 3 atom stereocenters. The average molecular weight is 237 g/mol. The number of rotatable bonds is 2. The first-order chi connectivity index (χ1) is 8.19. The van der Waals surface area contributed by atoms with Crippen molar-refractivity contribution in [2.45, 2.75) is 37.4 Å². The summed E-state index contributed by atoms with van der Waals surface area (Å²) in [6.07, 6.45) is 3.80. The second-order valence-corrected chi connectivity index (χ2v) is 4.70. The van der Waals surface area contributed by atoms with Crippen LogP contribution in [0.3, 0.4) is 0 Å². The van der Waals surface area contributed by atoms with E-state index in [0.29, 0.717) is 25.0 Å². The number of nitrogens with zero attached hydrogens (tertiary/aromatic N) is 1. The fraction of sp³-hybridized carbons (Fsp3) is 0.583. The van der Waals surface area contributed by atoms with E-state index in [0.717, 1.165) is 5.56 Å². The van der Waals surface area contributed by atoms with Gasteiger partial charge in [0, 0.05) is 30.8 Å². The molecule has 1 aromatic rings. The monoisotopic (exact) mass is 237 g/mol. The number of fused-ring (bicyclic) bond motifs is 2. The topological polar surface area (TPSA) is 71.8 Å². The SMILES string of the molecule is OCc1cncc(C2(O)CC3COC(C2)O3)c1. The number of aromatic nitrogens is 1. The minimum Gasteiger partial charge on any atom is -0.392 e. The van der Waals surface area contributed by atoms with Gasteiger partial charge in [-0.15, -0.1) is 0 Å². The van der Waals surface area contributed by atoms with Crippen LogP contribution in [0.25, 0.3) is 0 Å². The van der Waals surface area contributed by atoms with Crippen molar-refractivity contribution in [1.29, 1.82) is 0 Å². The molecule has 0 spiro atoms. The van der Waals surface area contributed by atoms with Crippen molar-refractivity contribution in [3.8, 4) is 0 Å². The molecule has 5 nitrogen and oxygen atoms in total. The number of hydrogen-bond acceptors (Lipinski definition) is 5. The molecule has 1 aromatic heterocycles. The van der Waals surface area contributed by atoms with Crippen LogP contribution in [0.1, 0.15) is 24.0 Å². The van der Waals surface area contributed by atoms with Crippen LogP contribution in [-0.2, 0) is 21.7 Å². The molecule has 0 amide bonds. The Morgan fingerprint density at radius 3 is 3.06 bits per heavy atom. The Balaban J connectivity index is 1.91. The van der Waals surface area contributed by atoms with E-state index in [1.165, 1.54) is 0 Å². The molecule has 3 heterocycles. The first kappa shape index (κ1) is 11.1. The fourth-order valence-electron chi connectivity index (χ4n) is 2.52. The molecule has 3 rings (SSSR count). The Kier molecular flexibility index (Phi) is 2.63. The summed E-state index contributed by atoms with van der Waals surface area (Å²) in [7, 11) is 0. The highest BCUT2D eigenvalue weighted by Gasteiger charge is 2.45. The molecule has 2 aliphatic rings. The molecule has 92 valence electrons. The lowest BCUT2D eigenvalue weighted by Crippen LogP contribution is -2.39. The van der Waals surface area contributed by atoms with Crippen LogP contribution in [0.4, 0.5) is 0 Å². The fourth-order valence-corrected chi connectivity index (χ4v) is 2.52. The number of aliphatic hydroxyl groups is 2. The molecule has 2 saturated heterocycles. The Morgan fingerprint density at radius 1 is 1.41 bits per heavy atom. The number of hydrogen-bond donors (Lipinski definition) is 2. The maximum absolute atomic E-state index is 10.7. The Morgan fingerprint density at radius 2 is 2.29 bits per heavy atom. The molecule has 2 bridgehead atoms. The van der Waals surface area contributed by atoms with Crippen molar-refractivity contribution in [1.82, 2.24) is 4.98 Å². The minimum absolute atomic E-state index is 0.0449. The number of pyridine rings is 1. The van der Waals surface area contributed by atoms with Gasteiger partial charge in [-0.05, 0) is 11.6 Å². The highest BCUT2D eigenvalue weighted by atomic mass is 16.7. The van der Waals surface area contributed by atoms with Gasteiger partial charge in [0.25, 0.3) is 0 Å². The van der Waals surface area contributed by atoms with Crippen molar-refractivity contribution in [2.24, 2.45) is 0 Å². The predicted molar refractivity (Wildman–Crippen MR) is 57.9 cm³/mol. The van der Waals surface area contributed by atoms with Gasteiger partial charge in [-0.2, -0.15) is 0 Å². The highest BCUT2D eigenvalue weighted by Crippen LogP contribution is 2.40. The van der Waals surface area contributed by atoms with Crippen molar-refractivity contribution < 1.29 is 19.7 Å². The summed E-state index contributed by atoms with van der Waals surface area (Å²) in [5.41, 5.74) is 0.478. The summed E-state index contributed by atoms with van der Waals surface area (Å²) in [4.78, 5) is 4.04. The third-order valence-corrected chi connectivity index (χ3v) is 3.40. The van der Waals surface area contributed by atoms with Gasteiger partial charge in [0.05, 0.1) is 24.9 Å². The normalized spacial score (nSPS) is 36.1. The zero-order chi connectivity index (χ0) is 11.9. The van der Waals surface area contributed by atoms with E-state index in [-0.39, 0.29) is 19.0 Å². The summed E-state index contributed by atoms with van der Waals surface area (Å²) in [6, 6.07) is 1.79. The Bertz CT molecular complexity index is 411. The van der Waals surface area contributed by atoms with E-state index < -0.39 is 5.60 Å². The third kappa shape index (κ3) is 1.95. The van der Waals surface area contributed by atoms with Crippen LogP contribution in [-0.4, -0.2) is 34.2 Å². The van der Waals surface area contributed by atoms with Crippen molar-refractivity contribution in [3.63, 3.8) is 0 Å². The largest absolute Gasteiger partial charge is 0.392 e. The van der Waals surface area contributed by atoms with E-state index in [2.05, 4.69) is 4.98 Å². The average Bonchev–Trinajstić information content (AvgIpc) is 2.69. The molecule has 2 N–H and O–H groups in total. The molecule has 3 unspecified atom stereocenters. The van der Waals surface area contributed by atoms with E-state index in [1.54, 1.807) is 18.5 Å². The van der Waals surface area contributed by atoms with Crippen molar-refractivity contribution in [2.75, 3.05) is 6.61 Å². The van der Waals surface area contributed by atoms with Gasteiger partial charge >= 0.3 is 0 Å². The molecule has 0 saturated carbocycles. The van der Waals surface area contributed by atoms with Crippen LogP contribution in [0.2, 0.25) is 0 Å². The van der Waals surface area contributed by atoms with Crippen molar-refractivity contribution in [3.05, 3.63) is 29.6 Å². The zero-order valence-corrected chi connectivity index (χ0v) is 9.37. The first-order valence-electron chi connectivity index (χ1n) is 5.74. The van der Waals surface area contributed by atoms with Crippen LogP contribution >= 0.6 is 0 Å². The van der Waals surface area contributed by atoms with Gasteiger partial charge in [-0.3, -0.25) is 4.98 Å². The zero-order valence-electron chi connectivity index (χ0n) is 9.37. The van der Waals surface area contributed by atoms with Crippen LogP contribution in [0, 0.1) is 0 Å². The molecule has 17 heavy (non-hydrogen) atoms. The van der Waals surface area contributed by atoms with Crippen molar-refractivity contribution >= 4 is 0 Å². The Labute approximate surface area is 99.0 Å². The van der Waals surface area contributed by atoms with Crippen LogP contribution < -0.4 is 0 Å². The second kappa shape index (κ2) is 4.03.